The number of aromatic carboxylic acids is 1. The zero-order chi connectivity index (χ0) is 19.7. The van der Waals surface area contributed by atoms with E-state index in [9.17, 15) is 4.79 Å². The number of thiophene rings is 1. The van der Waals surface area contributed by atoms with Gasteiger partial charge in [-0.15, -0.1) is 11.3 Å². The zero-order valence-corrected chi connectivity index (χ0v) is 16.3. The van der Waals surface area contributed by atoms with Crippen molar-refractivity contribution in [3.05, 3.63) is 71.4 Å². The van der Waals surface area contributed by atoms with Gasteiger partial charge in [0, 0.05) is 16.6 Å². The zero-order valence-electron chi connectivity index (χ0n) is 15.5. The highest BCUT2D eigenvalue weighted by atomic mass is 32.1. The van der Waals surface area contributed by atoms with Gasteiger partial charge >= 0.3 is 5.97 Å². The lowest BCUT2D eigenvalue weighted by molar-refractivity contribution is 0.0697. The van der Waals surface area contributed by atoms with E-state index in [1.807, 2.05) is 0 Å². The molecule has 2 aromatic heterocycles. The number of carbonyl (C=O) groups is 1. The van der Waals surface area contributed by atoms with Crippen molar-refractivity contribution in [2.24, 2.45) is 0 Å². The third-order valence-corrected chi connectivity index (χ3v) is 5.54. The molecule has 4 aromatic rings. The van der Waals surface area contributed by atoms with E-state index in [-0.39, 0.29) is 5.56 Å². The van der Waals surface area contributed by atoms with Crippen LogP contribution in [0, 0.1) is 0 Å². The van der Waals surface area contributed by atoms with Gasteiger partial charge in [-0.1, -0.05) is 38.1 Å². The molecule has 0 amide bonds. The van der Waals surface area contributed by atoms with E-state index < -0.39 is 5.97 Å². The van der Waals surface area contributed by atoms with Crippen LogP contribution in [0.3, 0.4) is 0 Å². The first-order valence-electron chi connectivity index (χ1n) is 8.96. The number of carboxylic acid groups (broad SMARTS) is 1. The number of hydrogen-bond donors (Lipinski definition) is 2. The molecule has 140 valence electrons. The van der Waals surface area contributed by atoms with Crippen LogP contribution >= 0.6 is 11.3 Å². The number of anilines is 2. The molecule has 2 heterocycles. The first-order chi connectivity index (χ1) is 13.5. The fourth-order valence-corrected chi connectivity index (χ4v) is 3.98. The Labute approximate surface area is 166 Å². The number of carboxylic acids is 1. The second kappa shape index (κ2) is 7.40. The molecule has 0 unspecified atom stereocenters. The summed E-state index contributed by atoms with van der Waals surface area (Å²) >= 11 is 1.58. The van der Waals surface area contributed by atoms with Gasteiger partial charge in [0.1, 0.15) is 17.0 Å². The number of hydrogen-bond acceptors (Lipinski definition) is 5. The van der Waals surface area contributed by atoms with E-state index in [1.54, 1.807) is 41.9 Å². The Bertz CT molecular complexity index is 1130. The fraction of sp³-hybridized carbons (Fsp3) is 0.136. The van der Waals surface area contributed by atoms with Crippen molar-refractivity contribution >= 4 is 39.0 Å². The van der Waals surface area contributed by atoms with Gasteiger partial charge in [0.2, 0.25) is 0 Å². The van der Waals surface area contributed by atoms with Crippen molar-refractivity contribution in [1.82, 2.24) is 9.97 Å². The van der Waals surface area contributed by atoms with E-state index in [2.05, 4.69) is 58.8 Å². The Morgan fingerprint density at radius 1 is 1.04 bits per heavy atom. The number of fused-ring (bicyclic) bond motifs is 1. The summed E-state index contributed by atoms with van der Waals surface area (Å²) in [4.78, 5) is 20.8. The van der Waals surface area contributed by atoms with Gasteiger partial charge in [-0.05, 0) is 41.3 Å². The number of rotatable bonds is 5. The lowest BCUT2D eigenvalue weighted by atomic mass is 9.99. The summed E-state index contributed by atoms with van der Waals surface area (Å²) in [5.74, 6) is 0.251. The van der Waals surface area contributed by atoms with Gasteiger partial charge in [0.15, 0.2) is 0 Å². The van der Waals surface area contributed by atoms with Crippen LogP contribution in [0.5, 0.6) is 0 Å². The molecule has 0 aliphatic carbocycles. The summed E-state index contributed by atoms with van der Waals surface area (Å²) < 4.78 is 0. The van der Waals surface area contributed by atoms with Crippen LogP contribution in [0.1, 0.15) is 35.7 Å². The van der Waals surface area contributed by atoms with E-state index in [4.69, 9.17) is 5.11 Å². The third-order valence-electron chi connectivity index (χ3n) is 4.65. The minimum atomic E-state index is -0.944. The summed E-state index contributed by atoms with van der Waals surface area (Å²) in [5, 5.41) is 15.4. The minimum Gasteiger partial charge on any atom is -0.478 e. The maximum Gasteiger partial charge on any atom is 0.335 e. The molecule has 0 fully saturated rings. The van der Waals surface area contributed by atoms with Crippen LogP contribution in [0.2, 0.25) is 0 Å². The molecule has 0 spiro atoms. The lowest BCUT2D eigenvalue weighted by Gasteiger charge is -2.10. The van der Waals surface area contributed by atoms with Crippen LogP contribution in [0.15, 0.2) is 60.2 Å². The number of benzene rings is 2. The predicted octanol–water partition coefficient (Wildman–Crippen LogP) is 5.92. The summed E-state index contributed by atoms with van der Waals surface area (Å²) in [6.07, 6.45) is 1.54. The van der Waals surface area contributed by atoms with Crippen molar-refractivity contribution in [1.29, 1.82) is 0 Å². The van der Waals surface area contributed by atoms with Crippen LogP contribution in [-0.2, 0) is 0 Å². The molecule has 2 N–H and O–H groups in total. The molecular formula is C22H19N3O2S. The quantitative estimate of drug-likeness (QED) is 0.443. The standard InChI is InChI=1S/C22H19N3O2S/c1-13(2)14-3-5-15(6-4-14)18-11-28-21-19(18)20(23-12-24-21)25-17-9-7-16(8-10-17)22(26)27/h3-13H,1-2H3,(H,26,27)(H,23,24,25). The molecule has 0 saturated heterocycles. The molecule has 0 saturated carbocycles. The van der Waals surface area contributed by atoms with Crippen LogP contribution in [0.25, 0.3) is 21.3 Å². The topological polar surface area (TPSA) is 75.1 Å². The summed E-state index contributed by atoms with van der Waals surface area (Å²) in [7, 11) is 0. The van der Waals surface area contributed by atoms with Crippen LogP contribution < -0.4 is 5.32 Å². The van der Waals surface area contributed by atoms with Gasteiger partial charge in [-0.2, -0.15) is 0 Å². The first kappa shape index (κ1) is 18.1. The SMILES string of the molecule is CC(C)c1ccc(-c2csc3ncnc(Nc4ccc(C(=O)O)cc4)c23)cc1. The normalized spacial score (nSPS) is 11.1. The molecule has 0 radical (unpaired) electrons. The van der Waals surface area contributed by atoms with E-state index in [1.165, 1.54) is 5.56 Å². The summed E-state index contributed by atoms with van der Waals surface area (Å²) in [5.41, 5.74) is 4.53. The predicted molar refractivity (Wildman–Crippen MR) is 114 cm³/mol. The molecule has 0 aliphatic rings. The van der Waals surface area contributed by atoms with Gasteiger partial charge in [0.25, 0.3) is 0 Å². The fourth-order valence-electron chi connectivity index (χ4n) is 3.06. The van der Waals surface area contributed by atoms with Gasteiger partial charge in [-0.3, -0.25) is 0 Å². The highest BCUT2D eigenvalue weighted by molar-refractivity contribution is 7.17. The van der Waals surface area contributed by atoms with E-state index >= 15 is 0 Å². The average molecular weight is 389 g/mol. The maximum atomic E-state index is 11.0. The largest absolute Gasteiger partial charge is 0.478 e. The number of aromatic nitrogens is 2. The summed E-state index contributed by atoms with van der Waals surface area (Å²) in [6, 6.07) is 15.2. The van der Waals surface area contributed by atoms with Crippen molar-refractivity contribution in [3.63, 3.8) is 0 Å². The van der Waals surface area contributed by atoms with E-state index in [0.717, 1.165) is 27.0 Å². The molecule has 4 rings (SSSR count). The smallest absolute Gasteiger partial charge is 0.335 e. The number of nitrogens with one attached hydrogen (secondary N) is 1. The highest BCUT2D eigenvalue weighted by Crippen LogP contribution is 2.37. The van der Waals surface area contributed by atoms with Gasteiger partial charge in [0.05, 0.1) is 10.9 Å². The van der Waals surface area contributed by atoms with Crippen molar-refractivity contribution in [3.8, 4) is 11.1 Å². The molecule has 5 nitrogen and oxygen atoms in total. The van der Waals surface area contributed by atoms with Crippen LogP contribution in [0.4, 0.5) is 11.5 Å². The van der Waals surface area contributed by atoms with Crippen LogP contribution in [-0.4, -0.2) is 21.0 Å². The molecule has 0 aliphatic heterocycles. The minimum absolute atomic E-state index is 0.250. The Balaban J connectivity index is 1.73. The monoisotopic (exact) mass is 389 g/mol. The Morgan fingerprint density at radius 2 is 1.75 bits per heavy atom. The third kappa shape index (κ3) is 3.46. The van der Waals surface area contributed by atoms with Gasteiger partial charge < -0.3 is 10.4 Å². The van der Waals surface area contributed by atoms with Gasteiger partial charge in [-0.25, -0.2) is 14.8 Å². The molecule has 6 heteroatoms. The average Bonchev–Trinajstić information content (AvgIpc) is 3.14. The van der Waals surface area contributed by atoms with Crippen molar-refractivity contribution < 1.29 is 9.90 Å². The Morgan fingerprint density at radius 3 is 2.39 bits per heavy atom. The second-order valence-corrected chi connectivity index (χ2v) is 7.69. The van der Waals surface area contributed by atoms with E-state index in [0.29, 0.717) is 11.7 Å². The molecule has 0 atom stereocenters. The number of nitrogens with zero attached hydrogens (tertiary/aromatic N) is 2. The molecule has 28 heavy (non-hydrogen) atoms. The molecule has 2 aromatic carbocycles. The Kier molecular flexibility index (Phi) is 4.79. The highest BCUT2D eigenvalue weighted by Gasteiger charge is 2.14. The maximum absolute atomic E-state index is 11.0. The second-order valence-electron chi connectivity index (χ2n) is 6.84. The van der Waals surface area contributed by atoms with Crippen molar-refractivity contribution in [2.75, 3.05) is 5.32 Å². The molecular weight excluding hydrogens is 370 g/mol. The molecule has 0 bridgehead atoms. The Hall–Kier alpha value is -3.25. The summed E-state index contributed by atoms with van der Waals surface area (Å²) in [6.45, 7) is 4.36. The lowest BCUT2D eigenvalue weighted by Crippen LogP contribution is -1.98. The first-order valence-corrected chi connectivity index (χ1v) is 9.84. The van der Waals surface area contributed by atoms with Crippen molar-refractivity contribution in [2.45, 2.75) is 19.8 Å².